The number of benzene rings is 2. The van der Waals surface area contributed by atoms with Crippen LogP contribution in [0.2, 0.25) is 0 Å². The number of anilines is 2. The molecule has 0 aliphatic heterocycles. The van der Waals surface area contributed by atoms with Crippen molar-refractivity contribution < 1.29 is 14.0 Å². The number of amides is 2. The van der Waals surface area contributed by atoms with Gasteiger partial charge in [0, 0.05) is 16.9 Å². The fourth-order valence-corrected chi connectivity index (χ4v) is 2.94. The van der Waals surface area contributed by atoms with Crippen LogP contribution in [0.25, 0.3) is 0 Å². The molecular weight excluding hydrogens is 398 g/mol. The molecule has 3 rings (SSSR count). The predicted octanol–water partition coefficient (Wildman–Crippen LogP) is 4.96. The highest BCUT2D eigenvalue weighted by Crippen LogP contribution is 2.23. The second kappa shape index (κ2) is 8.92. The molecule has 0 bridgehead atoms. The number of rotatable bonds is 4. The van der Waals surface area contributed by atoms with E-state index in [1.807, 2.05) is 24.3 Å². The Labute approximate surface area is 180 Å². The molecule has 2 aromatic carbocycles. The molecule has 1 heterocycles. The Morgan fingerprint density at radius 1 is 0.867 bits per heavy atom. The van der Waals surface area contributed by atoms with Gasteiger partial charge in [0.05, 0.1) is 6.26 Å². The van der Waals surface area contributed by atoms with Crippen LogP contribution in [0, 0.1) is 0 Å². The molecule has 3 aromatic rings. The molecule has 30 heavy (non-hydrogen) atoms. The summed E-state index contributed by atoms with van der Waals surface area (Å²) in [6, 6.07) is 17.8. The van der Waals surface area contributed by atoms with Crippen LogP contribution >= 0.6 is 12.2 Å². The zero-order valence-electron chi connectivity index (χ0n) is 17.0. The monoisotopic (exact) mass is 421 g/mol. The van der Waals surface area contributed by atoms with Gasteiger partial charge >= 0.3 is 0 Å². The Bertz CT molecular complexity index is 1050. The molecule has 0 fully saturated rings. The molecule has 0 spiro atoms. The van der Waals surface area contributed by atoms with E-state index in [0.29, 0.717) is 16.9 Å². The van der Waals surface area contributed by atoms with Gasteiger partial charge in [-0.3, -0.25) is 14.9 Å². The first kappa shape index (κ1) is 21.3. The summed E-state index contributed by atoms with van der Waals surface area (Å²) in [6.45, 7) is 6.38. The SMILES string of the molecule is CC(C)(C)c1ccc(C(=O)Nc2cccc(NC(=S)NC(=O)c3ccco3)c2)cc1. The maximum atomic E-state index is 12.6. The zero-order chi connectivity index (χ0) is 21.7. The third-order valence-electron chi connectivity index (χ3n) is 4.36. The van der Waals surface area contributed by atoms with Crippen LogP contribution < -0.4 is 16.0 Å². The maximum Gasteiger partial charge on any atom is 0.293 e. The van der Waals surface area contributed by atoms with E-state index in [-0.39, 0.29) is 22.2 Å². The van der Waals surface area contributed by atoms with Gasteiger partial charge in [-0.2, -0.15) is 0 Å². The highest BCUT2D eigenvalue weighted by Gasteiger charge is 2.15. The van der Waals surface area contributed by atoms with Crippen LogP contribution in [0.4, 0.5) is 11.4 Å². The first-order chi connectivity index (χ1) is 14.2. The number of hydrogen-bond acceptors (Lipinski definition) is 4. The molecular formula is C23H23N3O3S. The van der Waals surface area contributed by atoms with Crippen LogP contribution in [-0.4, -0.2) is 16.9 Å². The minimum atomic E-state index is -0.444. The average Bonchev–Trinajstić information content (AvgIpc) is 3.22. The zero-order valence-corrected chi connectivity index (χ0v) is 17.8. The summed E-state index contributed by atoms with van der Waals surface area (Å²) in [6.07, 6.45) is 1.41. The summed E-state index contributed by atoms with van der Waals surface area (Å²) in [4.78, 5) is 24.5. The van der Waals surface area contributed by atoms with Crippen molar-refractivity contribution in [1.82, 2.24) is 5.32 Å². The Kier molecular flexibility index (Phi) is 6.32. The molecule has 3 N–H and O–H groups in total. The molecule has 7 heteroatoms. The Morgan fingerprint density at radius 3 is 2.13 bits per heavy atom. The number of furan rings is 1. The van der Waals surface area contributed by atoms with E-state index in [1.54, 1.807) is 36.4 Å². The van der Waals surface area contributed by atoms with Crippen molar-refractivity contribution in [3.05, 3.63) is 83.8 Å². The smallest absolute Gasteiger partial charge is 0.293 e. The predicted molar refractivity (Wildman–Crippen MR) is 122 cm³/mol. The Morgan fingerprint density at radius 2 is 1.53 bits per heavy atom. The van der Waals surface area contributed by atoms with Crippen molar-refractivity contribution in [1.29, 1.82) is 0 Å². The molecule has 6 nitrogen and oxygen atoms in total. The minimum absolute atomic E-state index is 0.0276. The van der Waals surface area contributed by atoms with Crippen molar-refractivity contribution in [2.24, 2.45) is 0 Å². The highest BCUT2D eigenvalue weighted by molar-refractivity contribution is 7.80. The van der Waals surface area contributed by atoms with Crippen molar-refractivity contribution in [2.45, 2.75) is 26.2 Å². The van der Waals surface area contributed by atoms with E-state index in [2.05, 4.69) is 36.7 Å². The fourth-order valence-electron chi connectivity index (χ4n) is 2.73. The summed E-state index contributed by atoms with van der Waals surface area (Å²) in [5, 5.41) is 8.44. The lowest BCUT2D eigenvalue weighted by atomic mass is 9.87. The molecule has 0 radical (unpaired) electrons. The number of nitrogens with one attached hydrogen (secondary N) is 3. The maximum absolute atomic E-state index is 12.6. The van der Waals surface area contributed by atoms with Gasteiger partial charge < -0.3 is 15.1 Å². The third kappa shape index (κ3) is 5.55. The molecule has 2 amide bonds. The summed E-state index contributed by atoms with van der Waals surface area (Å²) >= 11 is 5.16. The lowest BCUT2D eigenvalue weighted by molar-refractivity contribution is 0.0950. The molecule has 154 valence electrons. The summed E-state index contributed by atoms with van der Waals surface area (Å²) < 4.78 is 5.03. The number of hydrogen-bond donors (Lipinski definition) is 3. The molecule has 0 atom stereocenters. The van der Waals surface area contributed by atoms with Crippen molar-refractivity contribution in [3.8, 4) is 0 Å². The van der Waals surface area contributed by atoms with Gasteiger partial charge in [0.15, 0.2) is 10.9 Å². The Hall–Kier alpha value is -3.45. The lowest BCUT2D eigenvalue weighted by Crippen LogP contribution is -2.33. The van der Waals surface area contributed by atoms with Gasteiger partial charge in [0.1, 0.15) is 0 Å². The van der Waals surface area contributed by atoms with E-state index in [0.717, 1.165) is 5.56 Å². The van der Waals surface area contributed by atoms with Gasteiger partial charge in [-0.25, -0.2) is 0 Å². The number of carbonyl (C=O) groups is 2. The summed E-state index contributed by atoms with van der Waals surface area (Å²) in [7, 11) is 0. The highest BCUT2D eigenvalue weighted by atomic mass is 32.1. The molecule has 0 saturated carbocycles. The van der Waals surface area contributed by atoms with Gasteiger partial charge in [-0.15, -0.1) is 0 Å². The van der Waals surface area contributed by atoms with E-state index < -0.39 is 5.91 Å². The lowest BCUT2D eigenvalue weighted by Gasteiger charge is -2.19. The standard InChI is InChI=1S/C23H23N3O3S/c1-23(2,3)16-11-9-15(10-12-16)20(27)24-17-6-4-7-18(14-17)25-22(30)26-21(28)19-8-5-13-29-19/h4-14H,1-3H3,(H,24,27)(H2,25,26,28,30). The van der Waals surface area contributed by atoms with Crippen LogP contribution in [0.3, 0.4) is 0 Å². The third-order valence-corrected chi connectivity index (χ3v) is 4.57. The summed E-state index contributed by atoms with van der Waals surface area (Å²) in [5.41, 5.74) is 2.99. The topological polar surface area (TPSA) is 83.4 Å². The summed E-state index contributed by atoms with van der Waals surface area (Å²) in [5.74, 6) is -0.486. The number of carbonyl (C=O) groups excluding carboxylic acids is 2. The number of thiocarbonyl (C=S) groups is 1. The molecule has 0 aliphatic carbocycles. The van der Waals surface area contributed by atoms with Crippen LogP contribution in [0.1, 0.15) is 47.2 Å². The van der Waals surface area contributed by atoms with Crippen molar-refractivity contribution in [2.75, 3.05) is 10.6 Å². The van der Waals surface area contributed by atoms with Gasteiger partial charge in [0.25, 0.3) is 11.8 Å². The largest absolute Gasteiger partial charge is 0.459 e. The van der Waals surface area contributed by atoms with Crippen LogP contribution in [-0.2, 0) is 5.41 Å². The van der Waals surface area contributed by atoms with Crippen LogP contribution in [0.5, 0.6) is 0 Å². The van der Waals surface area contributed by atoms with Crippen LogP contribution in [0.15, 0.2) is 71.3 Å². The minimum Gasteiger partial charge on any atom is -0.459 e. The fraction of sp³-hybridized carbons (Fsp3) is 0.174. The second-order valence-corrected chi connectivity index (χ2v) is 8.16. The molecule has 0 saturated heterocycles. The first-order valence-corrected chi connectivity index (χ1v) is 9.81. The van der Waals surface area contributed by atoms with E-state index in [4.69, 9.17) is 16.6 Å². The van der Waals surface area contributed by atoms with Crippen molar-refractivity contribution >= 4 is 40.5 Å². The normalized spacial score (nSPS) is 10.9. The second-order valence-electron chi connectivity index (χ2n) is 7.75. The molecule has 0 unspecified atom stereocenters. The van der Waals surface area contributed by atoms with E-state index in [1.165, 1.54) is 6.26 Å². The van der Waals surface area contributed by atoms with E-state index >= 15 is 0 Å². The van der Waals surface area contributed by atoms with E-state index in [9.17, 15) is 9.59 Å². The van der Waals surface area contributed by atoms with Crippen molar-refractivity contribution in [3.63, 3.8) is 0 Å². The first-order valence-electron chi connectivity index (χ1n) is 9.40. The molecule has 1 aromatic heterocycles. The Balaban J connectivity index is 1.61. The molecule has 0 aliphatic rings. The quantitative estimate of drug-likeness (QED) is 0.519. The van der Waals surface area contributed by atoms with Gasteiger partial charge in [0.2, 0.25) is 0 Å². The van der Waals surface area contributed by atoms with Gasteiger partial charge in [-0.1, -0.05) is 39.0 Å². The van der Waals surface area contributed by atoms with Gasteiger partial charge in [-0.05, 0) is 65.7 Å². The average molecular weight is 422 g/mol.